The van der Waals surface area contributed by atoms with E-state index in [1.54, 1.807) is 25.3 Å². The first-order chi connectivity index (χ1) is 13.0. The number of carbonyl (C=O) groups is 2. The number of nitrogens with one attached hydrogen (secondary N) is 1. The molecular formula is C20H18N2O4S. The summed E-state index contributed by atoms with van der Waals surface area (Å²) >= 11 is 5.30. The average molecular weight is 382 g/mol. The van der Waals surface area contributed by atoms with E-state index in [1.165, 1.54) is 11.8 Å². The van der Waals surface area contributed by atoms with Crippen molar-refractivity contribution in [2.45, 2.75) is 13.5 Å². The molecule has 27 heavy (non-hydrogen) atoms. The van der Waals surface area contributed by atoms with Gasteiger partial charge in [0.15, 0.2) is 5.11 Å². The average Bonchev–Trinajstić information content (AvgIpc) is 2.94. The Hall–Kier alpha value is -3.19. The van der Waals surface area contributed by atoms with Crippen molar-refractivity contribution in [2.24, 2.45) is 0 Å². The number of benzene rings is 2. The lowest BCUT2D eigenvalue weighted by molar-refractivity contribution is -0.142. The molecule has 0 radical (unpaired) electrons. The maximum atomic E-state index is 12.8. The fraction of sp³-hybridized carbons (Fsp3) is 0.150. The Morgan fingerprint density at radius 1 is 1.22 bits per heavy atom. The van der Waals surface area contributed by atoms with Crippen molar-refractivity contribution < 1.29 is 19.1 Å². The SMILES string of the molecule is COc1ccc(C=C2NC(=S)N(c3ccccc3)C2=O)cc1COC(C)=O. The number of anilines is 1. The standard InChI is InChI=1S/C20H18N2O4S/c1-13(23)26-12-15-10-14(8-9-18(15)25-2)11-17-19(24)22(20(27)21-17)16-6-4-3-5-7-16/h3-11H,12H2,1-2H3,(H,21,27). The van der Waals surface area contributed by atoms with Crippen LogP contribution in [0.2, 0.25) is 0 Å². The van der Waals surface area contributed by atoms with Crippen molar-refractivity contribution in [3.8, 4) is 5.75 Å². The summed E-state index contributed by atoms with van der Waals surface area (Å²) in [5, 5.41) is 3.28. The van der Waals surface area contributed by atoms with E-state index < -0.39 is 0 Å². The quantitative estimate of drug-likeness (QED) is 0.487. The van der Waals surface area contributed by atoms with Crippen molar-refractivity contribution in [1.82, 2.24) is 5.32 Å². The summed E-state index contributed by atoms with van der Waals surface area (Å²) in [5.41, 5.74) is 2.53. The van der Waals surface area contributed by atoms with Crippen molar-refractivity contribution in [1.29, 1.82) is 0 Å². The van der Waals surface area contributed by atoms with Crippen LogP contribution in [0.15, 0.2) is 54.2 Å². The number of amides is 1. The van der Waals surface area contributed by atoms with Gasteiger partial charge in [-0.25, -0.2) is 0 Å². The third-order valence-electron chi connectivity index (χ3n) is 3.94. The second-order valence-corrected chi connectivity index (χ2v) is 6.20. The molecule has 1 saturated heterocycles. The van der Waals surface area contributed by atoms with Gasteiger partial charge in [0.2, 0.25) is 0 Å². The predicted molar refractivity (Wildman–Crippen MR) is 106 cm³/mol. The van der Waals surface area contributed by atoms with E-state index in [0.29, 0.717) is 27.8 Å². The zero-order chi connectivity index (χ0) is 19.4. The molecule has 1 fully saturated rings. The molecule has 1 aliphatic rings. The van der Waals surface area contributed by atoms with Gasteiger partial charge in [-0.3, -0.25) is 14.5 Å². The van der Waals surface area contributed by atoms with Gasteiger partial charge in [0.25, 0.3) is 5.91 Å². The molecule has 1 heterocycles. The van der Waals surface area contributed by atoms with Gasteiger partial charge in [0, 0.05) is 12.5 Å². The maximum Gasteiger partial charge on any atom is 0.302 e. The Morgan fingerprint density at radius 3 is 2.63 bits per heavy atom. The van der Waals surface area contributed by atoms with E-state index in [-0.39, 0.29) is 18.5 Å². The van der Waals surface area contributed by atoms with Crippen molar-refractivity contribution >= 4 is 41.0 Å². The molecule has 1 aliphatic heterocycles. The molecule has 3 rings (SSSR count). The smallest absolute Gasteiger partial charge is 0.302 e. The number of hydrogen-bond donors (Lipinski definition) is 1. The van der Waals surface area contributed by atoms with Crippen LogP contribution in [0.1, 0.15) is 18.1 Å². The van der Waals surface area contributed by atoms with E-state index in [9.17, 15) is 9.59 Å². The molecule has 0 saturated carbocycles. The van der Waals surface area contributed by atoms with Crippen LogP contribution in [0, 0.1) is 0 Å². The minimum Gasteiger partial charge on any atom is -0.496 e. The normalized spacial score (nSPS) is 15.0. The third-order valence-corrected chi connectivity index (χ3v) is 4.22. The van der Waals surface area contributed by atoms with Crippen LogP contribution in [0.5, 0.6) is 5.75 Å². The van der Waals surface area contributed by atoms with Gasteiger partial charge in [-0.1, -0.05) is 24.3 Å². The highest BCUT2D eigenvalue weighted by molar-refractivity contribution is 7.80. The summed E-state index contributed by atoms with van der Waals surface area (Å²) in [7, 11) is 1.54. The summed E-state index contributed by atoms with van der Waals surface area (Å²) in [6.45, 7) is 1.43. The van der Waals surface area contributed by atoms with Crippen molar-refractivity contribution in [3.05, 3.63) is 65.4 Å². The molecule has 7 heteroatoms. The summed E-state index contributed by atoms with van der Waals surface area (Å²) in [5.74, 6) is -0.00797. The van der Waals surface area contributed by atoms with Gasteiger partial charge in [0.1, 0.15) is 18.1 Å². The van der Waals surface area contributed by atoms with E-state index in [2.05, 4.69) is 5.32 Å². The second-order valence-electron chi connectivity index (χ2n) is 5.82. The molecule has 2 aromatic rings. The number of ether oxygens (including phenoxy) is 2. The molecule has 0 unspecified atom stereocenters. The first-order valence-corrected chi connectivity index (χ1v) is 8.63. The molecule has 0 aliphatic carbocycles. The molecule has 0 spiro atoms. The van der Waals surface area contributed by atoms with Crippen molar-refractivity contribution in [2.75, 3.05) is 12.0 Å². The Labute approximate surface area is 162 Å². The highest BCUT2D eigenvalue weighted by Gasteiger charge is 2.31. The van der Waals surface area contributed by atoms with Gasteiger partial charge in [0.05, 0.1) is 12.8 Å². The Bertz CT molecular complexity index is 925. The van der Waals surface area contributed by atoms with E-state index in [1.807, 2.05) is 36.4 Å². The van der Waals surface area contributed by atoms with E-state index in [0.717, 1.165) is 5.56 Å². The van der Waals surface area contributed by atoms with Crippen LogP contribution in [-0.2, 0) is 20.9 Å². The number of thiocarbonyl (C=S) groups is 1. The van der Waals surface area contributed by atoms with E-state index in [4.69, 9.17) is 21.7 Å². The zero-order valence-corrected chi connectivity index (χ0v) is 15.7. The van der Waals surface area contributed by atoms with Crippen molar-refractivity contribution in [3.63, 3.8) is 0 Å². The first kappa shape index (κ1) is 18.6. The summed E-state index contributed by atoms with van der Waals surface area (Å²) < 4.78 is 10.3. The molecule has 6 nitrogen and oxygen atoms in total. The number of carbonyl (C=O) groups excluding carboxylic acids is 2. The van der Waals surface area contributed by atoms with Gasteiger partial charge in [-0.05, 0) is 48.1 Å². The lowest BCUT2D eigenvalue weighted by atomic mass is 10.1. The van der Waals surface area contributed by atoms with Crippen LogP contribution in [0.4, 0.5) is 5.69 Å². The minimum absolute atomic E-state index is 0.0887. The highest BCUT2D eigenvalue weighted by Crippen LogP contribution is 2.25. The molecule has 2 aromatic carbocycles. The van der Waals surface area contributed by atoms with Crippen LogP contribution < -0.4 is 15.0 Å². The van der Waals surface area contributed by atoms with Gasteiger partial charge in [-0.15, -0.1) is 0 Å². The van der Waals surface area contributed by atoms with Crippen LogP contribution >= 0.6 is 12.2 Å². The van der Waals surface area contributed by atoms with Crippen LogP contribution in [-0.4, -0.2) is 24.1 Å². The maximum absolute atomic E-state index is 12.8. The number of rotatable bonds is 5. The number of hydrogen-bond acceptors (Lipinski definition) is 5. The highest BCUT2D eigenvalue weighted by atomic mass is 32.1. The summed E-state index contributed by atoms with van der Waals surface area (Å²) in [4.78, 5) is 25.3. The number of esters is 1. The Morgan fingerprint density at radius 2 is 1.96 bits per heavy atom. The molecule has 138 valence electrons. The number of para-hydroxylation sites is 1. The molecule has 0 atom stereocenters. The fourth-order valence-corrected chi connectivity index (χ4v) is 2.99. The van der Waals surface area contributed by atoms with E-state index >= 15 is 0 Å². The third kappa shape index (κ3) is 4.15. The summed E-state index contributed by atoms with van der Waals surface area (Å²) in [6, 6.07) is 14.6. The molecule has 0 aromatic heterocycles. The molecular weight excluding hydrogens is 364 g/mol. The van der Waals surface area contributed by atoms with Gasteiger partial charge >= 0.3 is 5.97 Å². The first-order valence-electron chi connectivity index (χ1n) is 8.22. The Balaban J connectivity index is 1.88. The number of methoxy groups -OCH3 is 1. The Kier molecular flexibility index (Phi) is 5.52. The fourth-order valence-electron chi connectivity index (χ4n) is 2.69. The van der Waals surface area contributed by atoms with Crippen LogP contribution in [0.3, 0.4) is 0 Å². The largest absolute Gasteiger partial charge is 0.496 e. The lowest BCUT2D eigenvalue weighted by Gasteiger charge is -2.13. The van der Waals surface area contributed by atoms with Gasteiger partial charge in [-0.2, -0.15) is 0 Å². The zero-order valence-electron chi connectivity index (χ0n) is 14.9. The topological polar surface area (TPSA) is 67.9 Å². The summed E-state index contributed by atoms with van der Waals surface area (Å²) in [6.07, 6.45) is 1.70. The van der Waals surface area contributed by atoms with Gasteiger partial charge < -0.3 is 14.8 Å². The second kappa shape index (κ2) is 8.01. The van der Waals surface area contributed by atoms with Crippen LogP contribution in [0.25, 0.3) is 6.08 Å². The molecule has 0 bridgehead atoms. The monoisotopic (exact) mass is 382 g/mol. The lowest BCUT2D eigenvalue weighted by Crippen LogP contribution is -2.30. The number of nitrogens with zero attached hydrogens (tertiary/aromatic N) is 1. The minimum atomic E-state index is -0.378. The molecule has 1 N–H and O–H groups in total. The predicted octanol–water partition coefficient (Wildman–Crippen LogP) is 3.02. The molecule has 1 amide bonds.